The minimum absolute atomic E-state index is 0.00111. The van der Waals surface area contributed by atoms with Crippen molar-refractivity contribution in [2.75, 3.05) is 5.32 Å². The number of carbonyl (C=O) groups excluding carboxylic acids is 1. The third-order valence-electron chi connectivity index (χ3n) is 6.16. The molecule has 168 valence electrons. The van der Waals surface area contributed by atoms with Gasteiger partial charge < -0.3 is 15.0 Å². The summed E-state index contributed by atoms with van der Waals surface area (Å²) in [6, 6.07) is 10.7. The number of aromatic nitrogens is 1. The van der Waals surface area contributed by atoms with Crippen molar-refractivity contribution in [1.29, 1.82) is 0 Å². The molecule has 2 saturated carbocycles. The number of benzene rings is 2. The van der Waals surface area contributed by atoms with Crippen LogP contribution in [0, 0.1) is 5.92 Å². The molecule has 0 saturated heterocycles. The van der Waals surface area contributed by atoms with Crippen LogP contribution in [0.25, 0.3) is 10.9 Å². The van der Waals surface area contributed by atoms with E-state index in [1.165, 1.54) is 12.1 Å². The Bertz CT molecular complexity index is 1170. The van der Waals surface area contributed by atoms with Gasteiger partial charge in [-0.25, -0.2) is 4.39 Å². The number of ether oxygens (including phenoxy) is 1. The Morgan fingerprint density at radius 2 is 1.84 bits per heavy atom. The normalized spacial score (nSPS) is 27.1. The van der Waals surface area contributed by atoms with Crippen LogP contribution >= 0.6 is 11.6 Å². The van der Waals surface area contributed by atoms with E-state index < -0.39 is 28.7 Å². The molecule has 32 heavy (non-hydrogen) atoms. The Labute approximate surface area is 185 Å². The summed E-state index contributed by atoms with van der Waals surface area (Å²) in [5.74, 6) is -0.547. The van der Waals surface area contributed by atoms with Gasteiger partial charge in [0.15, 0.2) is 5.13 Å². The van der Waals surface area contributed by atoms with Gasteiger partial charge in [0.1, 0.15) is 5.75 Å². The summed E-state index contributed by atoms with van der Waals surface area (Å²) in [5, 5.41) is 1.48. The van der Waals surface area contributed by atoms with Gasteiger partial charge in [-0.3, -0.25) is 4.79 Å². The fraction of sp³-hybridized carbons (Fsp3) is 0.348. The SMILES string of the molecule is O=C(Nc1c[nH]c2ccc(OC3CC(c4ccc(C(F)(F)F)cc4)C3)cc12)C1CC1(F)Cl. The van der Waals surface area contributed by atoms with E-state index in [4.69, 9.17) is 16.3 Å². The molecule has 0 radical (unpaired) electrons. The number of H-pyrrole nitrogens is 1. The highest BCUT2D eigenvalue weighted by atomic mass is 35.5. The molecule has 1 amide bonds. The highest BCUT2D eigenvalue weighted by molar-refractivity contribution is 6.27. The number of carbonyl (C=O) groups is 1. The van der Waals surface area contributed by atoms with Crippen LogP contribution in [0.2, 0.25) is 0 Å². The van der Waals surface area contributed by atoms with Crippen molar-refractivity contribution in [1.82, 2.24) is 4.98 Å². The Morgan fingerprint density at radius 1 is 1.16 bits per heavy atom. The molecule has 2 atom stereocenters. The lowest BCUT2D eigenvalue weighted by molar-refractivity contribution is -0.137. The van der Waals surface area contributed by atoms with Gasteiger partial charge in [0.2, 0.25) is 5.91 Å². The third kappa shape index (κ3) is 4.03. The second kappa shape index (κ2) is 7.40. The van der Waals surface area contributed by atoms with Crippen molar-refractivity contribution in [3.8, 4) is 5.75 Å². The summed E-state index contributed by atoms with van der Waals surface area (Å²) in [6.45, 7) is 0. The van der Waals surface area contributed by atoms with E-state index in [-0.39, 0.29) is 18.4 Å². The second-order valence-electron chi connectivity index (χ2n) is 8.44. The van der Waals surface area contributed by atoms with Crippen LogP contribution in [0.3, 0.4) is 0 Å². The van der Waals surface area contributed by atoms with Crippen molar-refractivity contribution >= 4 is 34.1 Å². The van der Waals surface area contributed by atoms with E-state index in [2.05, 4.69) is 10.3 Å². The molecule has 2 N–H and O–H groups in total. The summed E-state index contributed by atoms with van der Waals surface area (Å²) in [4.78, 5) is 15.2. The number of amides is 1. The topological polar surface area (TPSA) is 54.1 Å². The minimum atomic E-state index is -4.34. The predicted octanol–water partition coefficient (Wildman–Crippen LogP) is 6.37. The number of nitrogens with one attached hydrogen (secondary N) is 2. The standard InChI is InChI=1S/C23H19ClF4N2O2/c24-22(25)10-18(22)21(31)30-20-11-29-19-6-5-15(9-17(19)20)32-16-7-13(8-16)12-1-3-14(4-2-12)23(26,27)28/h1-6,9,11,13,16,18,29H,7-8,10H2,(H,30,31). The fourth-order valence-corrected chi connectivity index (χ4v) is 4.32. The van der Waals surface area contributed by atoms with Gasteiger partial charge in [-0.05, 0) is 54.7 Å². The first kappa shape index (κ1) is 21.1. The Kier molecular flexibility index (Phi) is 4.89. The molecule has 1 heterocycles. The van der Waals surface area contributed by atoms with Crippen LogP contribution in [-0.2, 0) is 11.0 Å². The van der Waals surface area contributed by atoms with Crippen LogP contribution < -0.4 is 10.1 Å². The molecule has 2 unspecified atom stereocenters. The van der Waals surface area contributed by atoms with Crippen LogP contribution in [0.4, 0.5) is 23.2 Å². The number of hydrogen-bond donors (Lipinski definition) is 2. The highest BCUT2D eigenvalue weighted by Gasteiger charge is 2.58. The molecule has 1 aromatic heterocycles. The van der Waals surface area contributed by atoms with Gasteiger partial charge in [0.25, 0.3) is 0 Å². The van der Waals surface area contributed by atoms with Gasteiger partial charge in [0, 0.05) is 23.5 Å². The lowest BCUT2D eigenvalue weighted by Gasteiger charge is -2.35. The number of alkyl halides is 5. The Hall–Kier alpha value is -2.74. The lowest BCUT2D eigenvalue weighted by atomic mass is 9.77. The van der Waals surface area contributed by atoms with E-state index in [9.17, 15) is 22.4 Å². The predicted molar refractivity (Wildman–Crippen MR) is 113 cm³/mol. The molecule has 2 aromatic carbocycles. The monoisotopic (exact) mass is 466 g/mol. The van der Waals surface area contributed by atoms with Crippen LogP contribution in [0.15, 0.2) is 48.7 Å². The quantitative estimate of drug-likeness (QED) is 0.339. The summed E-state index contributed by atoms with van der Waals surface area (Å²) >= 11 is 5.54. The molecule has 3 aromatic rings. The van der Waals surface area contributed by atoms with Crippen LogP contribution in [-0.4, -0.2) is 22.1 Å². The molecular formula is C23H19ClF4N2O2. The van der Waals surface area contributed by atoms with Gasteiger partial charge in [-0.1, -0.05) is 23.7 Å². The van der Waals surface area contributed by atoms with E-state index in [0.717, 1.165) is 28.6 Å². The first-order chi connectivity index (χ1) is 15.1. The summed E-state index contributed by atoms with van der Waals surface area (Å²) < 4.78 is 57.7. The molecule has 0 bridgehead atoms. The molecule has 0 spiro atoms. The Balaban J connectivity index is 1.21. The average Bonchev–Trinajstić information content (AvgIpc) is 3.18. The van der Waals surface area contributed by atoms with Gasteiger partial charge in [-0.2, -0.15) is 13.2 Å². The zero-order valence-corrected chi connectivity index (χ0v) is 17.4. The maximum Gasteiger partial charge on any atom is 0.416 e. The van der Waals surface area contributed by atoms with Crippen molar-refractivity contribution in [3.05, 3.63) is 59.8 Å². The molecule has 4 nitrogen and oxygen atoms in total. The van der Waals surface area contributed by atoms with Crippen molar-refractivity contribution in [2.24, 2.45) is 5.92 Å². The molecule has 5 rings (SSSR count). The molecule has 2 aliphatic carbocycles. The fourth-order valence-electron chi connectivity index (χ4n) is 4.06. The first-order valence-corrected chi connectivity index (χ1v) is 10.6. The number of rotatable bonds is 5. The minimum Gasteiger partial charge on any atom is -0.490 e. The summed E-state index contributed by atoms with van der Waals surface area (Å²) in [6.07, 6.45) is -1.35. The first-order valence-electron chi connectivity index (χ1n) is 10.2. The zero-order valence-electron chi connectivity index (χ0n) is 16.7. The highest BCUT2D eigenvalue weighted by Crippen LogP contribution is 2.51. The van der Waals surface area contributed by atoms with Crippen molar-refractivity contribution < 1.29 is 27.1 Å². The number of anilines is 1. The zero-order chi connectivity index (χ0) is 22.7. The molecule has 0 aliphatic heterocycles. The van der Waals surface area contributed by atoms with E-state index >= 15 is 0 Å². The summed E-state index contributed by atoms with van der Waals surface area (Å²) in [7, 11) is 0. The van der Waals surface area contributed by atoms with Crippen LogP contribution in [0.1, 0.15) is 36.3 Å². The van der Waals surface area contributed by atoms with Crippen molar-refractivity contribution in [3.63, 3.8) is 0 Å². The van der Waals surface area contributed by atoms with Gasteiger partial charge in [0.05, 0.1) is 23.3 Å². The smallest absolute Gasteiger partial charge is 0.416 e. The van der Waals surface area contributed by atoms with Crippen LogP contribution in [0.5, 0.6) is 5.75 Å². The maximum atomic E-state index is 13.6. The Morgan fingerprint density at radius 3 is 2.47 bits per heavy atom. The number of fused-ring (bicyclic) bond motifs is 1. The van der Waals surface area contributed by atoms with E-state index in [0.29, 0.717) is 24.3 Å². The van der Waals surface area contributed by atoms with Crippen molar-refractivity contribution in [2.45, 2.75) is 42.6 Å². The molecular weight excluding hydrogens is 448 g/mol. The third-order valence-corrected chi connectivity index (χ3v) is 6.58. The number of halogens is 5. The molecule has 2 fully saturated rings. The van der Waals surface area contributed by atoms with Gasteiger partial charge >= 0.3 is 6.18 Å². The lowest BCUT2D eigenvalue weighted by Crippen LogP contribution is -2.32. The van der Waals surface area contributed by atoms with E-state index in [1.807, 2.05) is 12.1 Å². The summed E-state index contributed by atoms with van der Waals surface area (Å²) in [5.41, 5.74) is 1.52. The molecule has 9 heteroatoms. The maximum absolute atomic E-state index is 13.6. The number of hydrogen-bond acceptors (Lipinski definition) is 2. The number of aromatic amines is 1. The largest absolute Gasteiger partial charge is 0.490 e. The van der Waals surface area contributed by atoms with Gasteiger partial charge in [-0.15, -0.1) is 0 Å². The molecule has 2 aliphatic rings. The second-order valence-corrected chi connectivity index (χ2v) is 9.07. The average molecular weight is 467 g/mol. The van der Waals surface area contributed by atoms with E-state index in [1.54, 1.807) is 12.3 Å².